The Balaban J connectivity index is 1.65. The van der Waals surface area contributed by atoms with E-state index >= 15 is 0 Å². The van der Waals surface area contributed by atoms with E-state index in [1.54, 1.807) is 60.2 Å². The van der Waals surface area contributed by atoms with E-state index in [0.29, 0.717) is 28.3 Å². The molecule has 31 heavy (non-hydrogen) atoms. The number of imidazole rings is 1. The average Bonchev–Trinajstić information content (AvgIpc) is 3.37. The first-order chi connectivity index (χ1) is 15.0. The van der Waals surface area contributed by atoms with Gasteiger partial charge in [0.15, 0.2) is 5.58 Å². The molecule has 0 fully saturated rings. The molecule has 0 radical (unpaired) electrons. The van der Waals surface area contributed by atoms with Crippen LogP contribution in [0.25, 0.3) is 16.8 Å². The van der Waals surface area contributed by atoms with Gasteiger partial charge in [-0.2, -0.15) is 0 Å². The maximum absolute atomic E-state index is 13.0. The molecule has 1 atom stereocenters. The lowest BCUT2D eigenvalue weighted by atomic mass is 10.0. The summed E-state index contributed by atoms with van der Waals surface area (Å²) >= 11 is 0. The number of aromatic nitrogens is 4. The molecule has 0 spiro atoms. The van der Waals surface area contributed by atoms with E-state index in [0.717, 1.165) is 0 Å². The molecule has 4 aromatic rings. The molecule has 0 aliphatic carbocycles. The molecule has 1 unspecified atom stereocenters. The zero-order chi connectivity index (χ0) is 22.0. The van der Waals surface area contributed by atoms with Gasteiger partial charge in [0, 0.05) is 18.0 Å². The Labute approximate surface area is 176 Å². The predicted molar refractivity (Wildman–Crippen MR) is 109 cm³/mol. The highest BCUT2D eigenvalue weighted by molar-refractivity contribution is 6.38. The molecule has 0 saturated heterocycles. The summed E-state index contributed by atoms with van der Waals surface area (Å²) in [6.07, 6.45) is 2.89. The zero-order valence-electron chi connectivity index (χ0n) is 16.5. The highest BCUT2D eigenvalue weighted by Gasteiger charge is 2.29. The predicted octanol–water partition coefficient (Wildman–Crippen LogP) is 1.11. The van der Waals surface area contributed by atoms with Gasteiger partial charge >= 0.3 is 0 Å². The summed E-state index contributed by atoms with van der Waals surface area (Å²) in [7, 11) is 0. The first kappa shape index (κ1) is 20.0. The number of nitrogens with one attached hydrogen (secondary N) is 1. The molecule has 1 aromatic carbocycles. The molecule has 10 nitrogen and oxygen atoms in total. The van der Waals surface area contributed by atoms with Crippen molar-refractivity contribution in [2.75, 3.05) is 0 Å². The van der Waals surface area contributed by atoms with Crippen LogP contribution in [0.2, 0.25) is 0 Å². The quantitative estimate of drug-likeness (QED) is 0.427. The number of nitrogens with two attached hydrogens (primary N) is 1. The largest absolute Gasteiger partial charge is 0.363 e. The van der Waals surface area contributed by atoms with Gasteiger partial charge in [0.05, 0.1) is 11.9 Å². The average molecular weight is 418 g/mol. The smallest absolute Gasteiger partial charge is 0.287 e. The van der Waals surface area contributed by atoms with Crippen LogP contribution >= 0.6 is 0 Å². The number of Topliss-reactive ketones (excluding diaryl/α,β-unsaturated/α-hetero) is 1. The summed E-state index contributed by atoms with van der Waals surface area (Å²) in [6.45, 7) is 1.72. The third-order valence-electron chi connectivity index (χ3n) is 4.76. The fraction of sp³-hybridized carbons (Fsp3) is 0.143. The number of rotatable bonds is 7. The number of pyridine rings is 1. The monoisotopic (exact) mass is 418 g/mol. The van der Waals surface area contributed by atoms with E-state index in [4.69, 9.17) is 10.3 Å². The minimum atomic E-state index is -1.23. The van der Waals surface area contributed by atoms with Crippen LogP contribution in [0.15, 0.2) is 59.4 Å². The second-order valence-corrected chi connectivity index (χ2v) is 6.80. The van der Waals surface area contributed by atoms with Crippen molar-refractivity contribution in [3.05, 3.63) is 72.1 Å². The van der Waals surface area contributed by atoms with Crippen LogP contribution < -0.4 is 11.1 Å². The van der Waals surface area contributed by atoms with Crippen LogP contribution in [0.3, 0.4) is 0 Å². The number of aryl methyl sites for hydroxylation is 1. The summed E-state index contributed by atoms with van der Waals surface area (Å²) in [5.74, 6) is -1.70. The first-order valence-corrected chi connectivity index (χ1v) is 9.39. The molecule has 0 aliphatic heterocycles. The molecule has 2 amide bonds. The minimum absolute atomic E-state index is 0.0682. The lowest BCUT2D eigenvalue weighted by Gasteiger charge is -2.16. The molecule has 3 aromatic heterocycles. The molecule has 0 saturated carbocycles. The number of benzene rings is 1. The van der Waals surface area contributed by atoms with Crippen LogP contribution in [0.4, 0.5) is 0 Å². The molecule has 10 heteroatoms. The van der Waals surface area contributed by atoms with Crippen molar-refractivity contribution in [2.24, 2.45) is 5.73 Å². The number of primary amides is 1. The highest BCUT2D eigenvalue weighted by Crippen LogP contribution is 2.20. The second-order valence-electron chi connectivity index (χ2n) is 6.80. The first-order valence-electron chi connectivity index (χ1n) is 9.39. The fourth-order valence-electron chi connectivity index (χ4n) is 3.27. The topological polar surface area (TPSA) is 146 Å². The van der Waals surface area contributed by atoms with Crippen molar-refractivity contribution in [3.8, 4) is 5.82 Å². The van der Waals surface area contributed by atoms with Gasteiger partial charge in [-0.3, -0.25) is 19.0 Å². The third kappa shape index (κ3) is 3.90. The Kier molecular flexibility index (Phi) is 5.27. The Hall–Kier alpha value is -4.34. The summed E-state index contributed by atoms with van der Waals surface area (Å²) in [5, 5.41) is 7.22. The summed E-state index contributed by atoms with van der Waals surface area (Å²) in [4.78, 5) is 45.5. The van der Waals surface area contributed by atoms with Crippen LogP contribution in [-0.4, -0.2) is 43.3 Å². The molecule has 3 N–H and O–H groups in total. The fourth-order valence-corrected chi connectivity index (χ4v) is 3.27. The Bertz CT molecular complexity index is 1280. The van der Waals surface area contributed by atoms with Crippen molar-refractivity contribution in [2.45, 2.75) is 19.4 Å². The third-order valence-corrected chi connectivity index (χ3v) is 4.76. The number of para-hydroxylation sites is 1. The van der Waals surface area contributed by atoms with E-state index in [1.807, 2.05) is 0 Å². The number of carbonyl (C=O) groups is 3. The zero-order valence-corrected chi connectivity index (χ0v) is 16.5. The summed E-state index contributed by atoms with van der Waals surface area (Å²) in [5.41, 5.74) is 6.31. The molecule has 156 valence electrons. The van der Waals surface area contributed by atoms with Crippen LogP contribution in [0.1, 0.15) is 22.0 Å². The molecule has 4 rings (SSSR count). The number of hydrogen-bond donors (Lipinski definition) is 2. The van der Waals surface area contributed by atoms with E-state index in [-0.39, 0.29) is 12.1 Å². The van der Waals surface area contributed by atoms with Crippen molar-refractivity contribution in [3.63, 3.8) is 0 Å². The Morgan fingerprint density at radius 2 is 1.90 bits per heavy atom. The van der Waals surface area contributed by atoms with Crippen molar-refractivity contribution >= 4 is 28.6 Å². The maximum atomic E-state index is 13.0. The maximum Gasteiger partial charge on any atom is 0.287 e. The number of fused-ring (bicyclic) bond motifs is 1. The van der Waals surface area contributed by atoms with E-state index in [2.05, 4.69) is 20.4 Å². The number of hydrogen-bond acceptors (Lipinski definition) is 7. The SMILES string of the molecule is Cc1ncc(C(=O)NC(Cc2noc3ccccc23)C(=O)C(N)=O)n1-c1ccccn1. The van der Waals surface area contributed by atoms with Crippen molar-refractivity contribution < 1.29 is 18.9 Å². The lowest BCUT2D eigenvalue weighted by molar-refractivity contribution is -0.137. The van der Waals surface area contributed by atoms with Crippen LogP contribution in [0, 0.1) is 6.92 Å². The molecule has 0 bridgehead atoms. The van der Waals surface area contributed by atoms with Gasteiger partial charge in [-0.25, -0.2) is 9.97 Å². The van der Waals surface area contributed by atoms with Crippen LogP contribution in [-0.2, 0) is 16.0 Å². The van der Waals surface area contributed by atoms with Gasteiger partial charge in [0.1, 0.15) is 23.4 Å². The van der Waals surface area contributed by atoms with Gasteiger partial charge in [0.25, 0.3) is 11.8 Å². The van der Waals surface area contributed by atoms with Gasteiger partial charge in [0.2, 0.25) is 5.78 Å². The van der Waals surface area contributed by atoms with Gasteiger partial charge < -0.3 is 15.6 Å². The number of nitrogens with zero attached hydrogens (tertiary/aromatic N) is 4. The Morgan fingerprint density at radius 3 is 2.65 bits per heavy atom. The number of amides is 2. The van der Waals surface area contributed by atoms with E-state index in [1.165, 1.54) is 6.20 Å². The summed E-state index contributed by atoms with van der Waals surface area (Å²) < 4.78 is 6.80. The number of ketones is 1. The summed E-state index contributed by atoms with van der Waals surface area (Å²) in [6, 6.07) is 11.1. The number of carbonyl (C=O) groups excluding carboxylic acids is 3. The van der Waals surface area contributed by atoms with Gasteiger partial charge in [-0.15, -0.1) is 0 Å². The van der Waals surface area contributed by atoms with Crippen molar-refractivity contribution in [1.82, 2.24) is 25.0 Å². The standard InChI is InChI=1S/C21H18N6O4/c1-12-24-11-16(27(12)18-8-4-5-9-23-18)21(30)25-15(19(28)20(22)29)10-14-13-6-2-3-7-17(13)31-26-14/h2-9,11,15H,10H2,1H3,(H2,22,29)(H,25,30). The molecule has 3 heterocycles. The van der Waals surface area contributed by atoms with Crippen molar-refractivity contribution in [1.29, 1.82) is 0 Å². The molecular weight excluding hydrogens is 400 g/mol. The van der Waals surface area contributed by atoms with Gasteiger partial charge in [-0.1, -0.05) is 23.4 Å². The van der Waals surface area contributed by atoms with E-state index in [9.17, 15) is 14.4 Å². The molecule has 0 aliphatic rings. The van der Waals surface area contributed by atoms with Crippen LogP contribution in [0.5, 0.6) is 0 Å². The van der Waals surface area contributed by atoms with E-state index < -0.39 is 23.6 Å². The normalized spacial score (nSPS) is 11.9. The van der Waals surface area contributed by atoms with Gasteiger partial charge in [-0.05, 0) is 31.2 Å². The Morgan fingerprint density at radius 1 is 1.13 bits per heavy atom. The minimum Gasteiger partial charge on any atom is -0.363 e. The molecular formula is C21H18N6O4. The second kappa shape index (κ2) is 8.19. The highest BCUT2D eigenvalue weighted by atomic mass is 16.5. The lowest BCUT2D eigenvalue weighted by Crippen LogP contribution is -2.47.